The Morgan fingerprint density at radius 3 is 2.53 bits per heavy atom. The van der Waals surface area contributed by atoms with Crippen molar-refractivity contribution in [2.24, 2.45) is 5.92 Å². The van der Waals surface area contributed by atoms with Crippen molar-refractivity contribution in [2.75, 3.05) is 11.9 Å². The van der Waals surface area contributed by atoms with Gasteiger partial charge in [0.2, 0.25) is 0 Å². The van der Waals surface area contributed by atoms with E-state index in [1.165, 1.54) is 31.4 Å². The summed E-state index contributed by atoms with van der Waals surface area (Å²) in [6.45, 7) is 4.37. The number of anilines is 1. The zero-order valence-corrected chi connectivity index (χ0v) is 12.5. The Morgan fingerprint density at radius 1 is 1.26 bits per heavy atom. The van der Waals surface area contributed by atoms with E-state index < -0.39 is 0 Å². The van der Waals surface area contributed by atoms with Crippen LogP contribution in [0.15, 0.2) is 24.3 Å². The molecule has 0 amide bonds. The molecular formula is C17H27NO. The highest BCUT2D eigenvalue weighted by molar-refractivity contribution is 5.48. The van der Waals surface area contributed by atoms with Crippen molar-refractivity contribution < 1.29 is 5.11 Å². The molecule has 2 nitrogen and oxygen atoms in total. The van der Waals surface area contributed by atoms with Gasteiger partial charge in [-0.05, 0) is 42.9 Å². The van der Waals surface area contributed by atoms with Gasteiger partial charge in [-0.3, -0.25) is 0 Å². The SMILES string of the molecule is CCC(O)c1ccc(N(C)C2CCCC(C)C2)cc1. The summed E-state index contributed by atoms with van der Waals surface area (Å²) in [6.07, 6.45) is 5.79. The minimum atomic E-state index is -0.325. The van der Waals surface area contributed by atoms with Crippen molar-refractivity contribution >= 4 is 5.69 Å². The highest BCUT2D eigenvalue weighted by Gasteiger charge is 2.22. The lowest BCUT2D eigenvalue weighted by Crippen LogP contribution is -2.35. The third kappa shape index (κ3) is 3.50. The molecule has 0 spiro atoms. The van der Waals surface area contributed by atoms with Gasteiger partial charge in [-0.2, -0.15) is 0 Å². The summed E-state index contributed by atoms with van der Waals surface area (Å²) in [6, 6.07) is 9.09. The molecular weight excluding hydrogens is 234 g/mol. The van der Waals surface area contributed by atoms with E-state index in [9.17, 15) is 5.11 Å². The molecule has 1 saturated carbocycles. The van der Waals surface area contributed by atoms with Crippen LogP contribution >= 0.6 is 0 Å². The van der Waals surface area contributed by atoms with Gasteiger partial charge in [0.15, 0.2) is 0 Å². The van der Waals surface area contributed by atoms with E-state index in [1.807, 2.05) is 6.92 Å². The fourth-order valence-corrected chi connectivity index (χ4v) is 3.13. The zero-order chi connectivity index (χ0) is 13.8. The van der Waals surface area contributed by atoms with Crippen molar-refractivity contribution in [1.82, 2.24) is 0 Å². The van der Waals surface area contributed by atoms with E-state index in [0.29, 0.717) is 6.04 Å². The number of nitrogens with zero attached hydrogens (tertiary/aromatic N) is 1. The van der Waals surface area contributed by atoms with Crippen LogP contribution in [0.4, 0.5) is 5.69 Å². The lowest BCUT2D eigenvalue weighted by molar-refractivity contribution is 0.173. The summed E-state index contributed by atoms with van der Waals surface area (Å²) in [5.41, 5.74) is 2.29. The van der Waals surface area contributed by atoms with E-state index in [-0.39, 0.29) is 6.10 Å². The Balaban J connectivity index is 2.04. The van der Waals surface area contributed by atoms with Crippen LogP contribution in [0.3, 0.4) is 0 Å². The van der Waals surface area contributed by atoms with Gasteiger partial charge in [0, 0.05) is 18.8 Å². The summed E-state index contributed by atoms with van der Waals surface area (Å²) in [4.78, 5) is 2.41. The predicted molar refractivity (Wildman–Crippen MR) is 81.5 cm³/mol. The van der Waals surface area contributed by atoms with Crippen LogP contribution in [0.5, 0.6) is 0 Å². The highest BCUT2D eigenvalue weighted by atomic mass is 16.3. The highest BCUT2D eigenvalue weighted by Crippen LogP contribution is 2.30. The second kappa shape index (κ2) is 6.42. The van der Waals surface area contributed by atoms with Crippen LogP contribution in [0.2, 0.25) is 0 Å². The molecule has 19 heavy (non-hydrogen) atoms. The van der Waals surface area contributed by atoms with Crippen molar-refractivity contribution in [3.8, 4) is 0 Å². The van der Waals surface area contributed by atoms with Crippen LogP contribution in [-0.2, 0) is 0 Å². The van der Waals surface area contributed by atoms with E-state index in [4.69, 9.17) is 0 Å². The molecule has 1 aliphatic rings. The molecule has 1 N–H and O–H groups in total. The van der Waals surface area contributed by atoms with Crippen molar-refractivity contribution in [3.63, 3.8) is 0 Å². The number of aliphatic hydroxyl groups excluding tert-OH is 1. The van der Waals surface area contributed by atoms with Crippen LogP contribution < -0.4 is 4.90 Å². The lowest BCUT2D eigenvalue weighted by atomic mass is 9.86. The van der Waals surface area contributed by atoms with Crippen molar-refractivity contribution in [1.29, 1.82) is 0 Å². The lowest BCUT2D eigenvalue weighted by Gasteiger charge is -2.35. The Labute approximate surface area is 117 Å². The molecule has 1 aromatic rings. The fraction of sp³-hybridized carbons (Fsp3) is 0.647. The molecule has 3 unspecified atom stereocenters. The topological polar surface area (TPSA) is 23.5 Å². The maximum absolute atomic E-state index is 9.83. The van der Waals surface area contributed by atoms with Crippen LogP contribution in [0.25, 0.3) is 0 Å². The van der Waals surface area contributed by atoms with E-state index in [0.717, 1.165) is 17.9 Å². The van der Waals surface area contributed by atoms with Crippen molar-refractivity contribution in [3.05, 3.63) is 29.8 Å². The molecule has 106 valence electrons. The second-order valence-corrected chi connectivity index (χ2v) is 6.05. The Bertz CT molecular complexity index is 387. The molecule has 1 aliphatic carbocycles. The molecule has 1 aromatic carbocycles. The Hall–Kier alpha value is -1.02. The summed E-state index contributed by atoms with van der Waals surface area (Å²) in [5.74, 6) is 0.849. The summed E-state index contributed by atoms with van der Waals surface area (Å²) in [5, 5.41) is 9.83. The summed E-state index contributed by atoms with van der Waals surface area (Å²) >= 11 is 0. The number of benzene rings is 1. The minimum absolute atomic E-state index is 0.325. The fourth-order valence-electron chi connectivity index (χ4n) is 3.13. The average Bonchev–Trinajstić information content (AvgIpc) is 2.46. The second-order valence-electron chi connectivity index (χ2n) is 6.05. The molecule has 1 fully saturated rings. The van der Waals surface area contributed by atoms with E-state index in [2.05, 4.69) is 43.1 Å². The predicted octanol–water partition coefficient (Wildman–Crippen LogP) is 4.14. The van der Waals surface area contributed by atoms with Crippen LogP contribution in [0.1, 0.15) is 57.6 Å². The number of hydrogen-bond donors (Lipinski definition) is 1. The number of hydrogen-bond acceptors (Lipinski definition) is 2. The normalized spacial score (nSPS) is 25.1. The molecule has 0 saturated heterocycles. The van der Waals surface area contributed by atoms with E-state index >= 15 is 0 Å². The molecule has 0 bridgehead atoms. The molecule has 0 radical (unpaired) electrons. The van der Waals surface area contributed by atoms with Gasteiger partial charge in [-0.1, -0.05) is 38.8 Å². The maximum atomic E-state index is 9.83. The standard InChI is InChI=1S/C17H27NO/c1-4-17(19)14-8-10-15(11-9-14)18(3)16-7-5-6-13(2)12-16/h8-11,13,16-17,19H,4-7,12H2,1-3H3. The first-order valence-electron chi connectivity index (χ1n) is 7.62. The molecule has 0 aromatic heterocycles. The smallest absolute Gasteiger partial charge is 0.0787 e. The molecule has 2 heteroatoms. The monoisotopic (exact) mass is 261 g/mol. The number of rotatable bonds is 4. The largest absolute Gasteiger partial charge is 0.388 e. The number of aliphatic hydroxyl groups is 1. The molecule has 0 heterocycles. The van der Waals surface area contributed by atoms with Gasteiger partial charge >= 0.3 is 0 Å². The quantitative estimate of drug-likeness (QED) is 0.880. The molecule has 2 rings (SSSR count). The molecule has 3 atom stereocenters. The Morgan fingerprint density at radius 2 is 1.95 bits per heavy atom. The zero-order valence-electron chi connectivity index (χ0n) is 12.5. The maximum Gasteiger partial charge on any atom is 0.0787 e. The van der Waals surface area contributed by atoms with Gasteiger partial charge in [-0.25, -0.2) is 0 Å². The molecule has 0 aliphatic heterocycles. The first-order chi connectivity index (χ1) is 9.11. The summed E-state index contributed by atoms with van der Waals surface area (Å²) in [7, 11) is 2.20. The van der Waals surface area contributed by atoms with Crippen molar-refractivity contribution in [2.45, 2.75) is 58.1 Å². The first-order valence-corrected chi connectivity index (χ1v) is 7.62. The third-order valence-corrected chi connectivity index (χ3v) is 4.53. The average molecular weight is 261 g/mol. The van der Waals surface area contributed by atoms with Gasteiger partial charge < -0.3 is 10.0 Å². The third-order valence-electron chi connectivity index (χ3n) is 4.53. The van der Waals surface area contributed by atoms with Gasteiger partial charge in [0.05, 0.1) is 6.10 Å². The van der Waals surface area contributed by atoms with E-state index in [1.54, 1.807) is 0 Å². The van der Waals surface area contributed by atoms with Crippen LogP contribution in [-0.4, -0.2) is 18.2 Å². The van der Waals surface area contributed by atoms with Gasteiger partial charge in [0.1, 0.15) is 0 Å². The Kier molecular flexibility index (Phi) is 4.87. The van der Waals surface area contributed by atoms with Crippen LogP contribution in [0, 0.1) is 5.92 Å². The van der Waals surface area contributed by atoms with Gasteiger partial charge in [-0.15, -0.1) is 0 Å². The minimum Gasteiger partial charge on any atom is -0.388 e. The first kappa shape index (κ1) is 14.4. The summed E-state index contributed by atoms with van der Waals surface area (Å²) < 4.78 is 0. The van der Waals surface area contributed by atoms with Gasteiger partial charge in [0.25, 0.3) is 0 Å².